The molecule has 0 fully saturated rings. The van der Waals surface area contributed by atoms with Crippen LogP contribution in [0.1, 0.15) is 37.0 Å². The molecule has 0 radical (unpaired) electrons. The number of phenols is 1. The van der Waals surface area contributed by atoms with Gasteiger partial charge in [0.2, 0.25) is 5.91 Å². The molecule has 0 saturated heterocycles. The molecular formula is C20H25NO2. The molecule has 1 aliphatic heterocycles. The van der Waals surface area contributed by atoms with E-state index in [9.17, 15) is 9.90 Å². The highest BCUT2D eigenvalue weighted by atomic mass is 16.3. The summed E-state index contributed by atoms with van der Waals surface area (Å²) in [5, 5.41) is 10.6. The monoisotopic (exact) mass is 311 g/mol. The maximum Gasteiger partial charge on any atom is 0.227 e. The Morgan fingerprint density at radius 3 is 2.57 bits per heavy atom. The molecule has 0 atom stereocenters. The van der Waals surface area contributed by atoms with Gasteiger partial charge in [0.25, 0.3) is 0 Å². The lowest BCUT2D eigenvalue weighted by molar-refractivity contribution is -0.118. The molecule has 1 N–H and O–H groups in total. The number of phenolic OH excluding ortho intramolecular Hbond substituents is 1. The minimum Gasteiger partial charge on any atom is -0.507 e. The van der Waals surface area contributed by atoms with Crippen molar-refractivity contribution in [2.24, 2.45) is 0 Å². The zero-order valence-electron chi connectivity index (χ0n) is 14.1. The number of aryl methyl sites for hydroxylation is 1. The smallest absolute Gasteiger partial charge is 0.227 e. The second-order valence-corrected chi connectivity index (χ2v) is 6.14. The third-order valence-corrected chi connectivity index (χ3v) is 4.10. The van der Waals surface area contributed by atoms with E-state index < -0.39 is 0 Å². The average molecular weight is 311 g/mol. The number of carbonyl (C=O) groups excluding carboxylic acids is 1. The van der Waals surface area contributed by atoms with Crippen LogP contribution in [0.5, 0.6) is 5.75 Å². The molecule has 0 aliphatic carbocycles. The Kier molecular flexibility index (Phi) is 5.43. The molecule has 0 unspecified atom stereocenters. The van der Waals surface area contributed by atoms with Crippen molar-refractivity contribution in [3.63, 3.8) is 0 Å². The van der Waals surface area contributed by atoms with Crippen LogP contribution in [0.2, 0.25) is 0 Å². The van der Waals surface area contributed by atoms with E-state index in [1.165, 1.54) is 5.57 Å². The summed E-state index contributed by atoms with van der Waals surface area (Å²) in [6.45, 7) is 12.1. The Morgan fingerprint density at radius 2 is 1.96 bits per heavy atom. The largest absolute Gasteiger partial charge is 0.507 e. The Labute approximate surface area is 138 Å². The van der Waals surface area contributed by atoms with E-state index in [-0.39, 0.29) is 11.7 Å². The van der Waals surface area contributed by atoms with E-state index in [1.807, 2.05) is 26.0 Å². The molecule has 0 aromatic heterocycles. The van der Waals surface area contributed by atoms with Gasteiger partial charge in [-0.1, -0.05) is 23.8 Å². The molecule has 3 nitrogen and oxygen atoms in total. The van der Waals surface area contributed by atoms with Crippen molar-refractivity contribution < 1.29 is 9.90 Å². The number of allylic oxidation sites excluding steroid dienone is 3. The van der Waals surface area contributed by atoms with E-state index in [0.29, 0.717) is 32.2 Å². The first-order valence-corrected chi connectivity index (χ1v) is 8.01. The third kappa shape index (κ3) is 3.55. The molecule has 1 aliphatic rings. The molecular weight excluding hydrogens is 286 g/mol. The average Bonchev–Trinajstić information content (AvgIpc) is 2.51. The topological polar surface area (TPSA) is 40.5 Å². The van der Waals surface area contributed by atoms with E-state index >= 15 is 0 Å². The minimum absolute atomic E-state index is 0.108. The zero-order chi connectivity index (χ0) is 17.0. The highest BCUT2D eigenvalue weighted by Crippen LogP contribution is 2.40. The molecule has 23 heavy (non-hydrogen) atoms. The fourth-order valence-corrected chi connectivity index (χ4v) is 2.99. The van der Waals surface area contributed by atoms with Gasteiger partial charge < -0.3 is 10.0 Å². The van der Waals surface area contributed by atoms with Crippen molar-refractivity contribution in [2.75, 3.05) is 11.4 Å². The number of hydrogen-bond donors (Lipinski definition) is 1. The van der Waals surface area contributed by atoms with Crippen LogP contribution >= 0.6 is 0 Å². The summed E-state index contributed by atoms with van der Waals surface area (Å²) >= 11 is 0. The fourth-order valence-electron chi connectivity index (χ4n) is 2.99. The van der Waals surface area contributed by atoms with Crippen molar-refractivity contribution in [1.82, 2.24) is 0 Å². The second-order valence-electron chi connectivity index (χ2n) is 6.14. The number of benzene rings is 1. The third-order valence-electron chi connectivity index (χ3n) is 4.10. The number of fused-ring (bicyclic) bond motifs is 1. The van der Waals surface area contributed by atoms with Gasteiger partial charge in [-0.15, -0.1) is 13.2 Å². The summed E-state index contributed by atoms with van der Waals surface area (Å²) in [6, 6.07) is 2.01. The predicted molar refractivity (Wildman–Crippen MR) is 96.0 cm³/mol. The van der Waals surface area contributed by atoms with E-state index in [1.54, 1.807) is 17.1 Å². The lowest BCUT2D eigenvalue weighted by atomic mass is 9.91. The molecule has 0 spiro atoms. The number of hydrogen-bond acceptors (Lipinski definition) is 2. The SMILES string of the molecule is C=CCc1cc2c(c(CC=C)c1O)N(CC=C(C)C)C(=O)CC2. The van der Waals surface area contributed by atoms with Gasteiger partial charge in [0.05, 0.1) is 5.69 Å². The van der Waals surface area contributed by atoms with Crippen LogP contribution < -0.4 is 4.90 Å². The molecule has 122 valence electrons. The quantitative estimate of drug-likeness (QED) is 0.804. The van der Waals surface area contributed by atoms with Crippen molar-refractivity contribution in [3.8, 4) is 5.75 Å². The minimum atomic E-state index is 0.108. The van der Waals surface area contributed by atoms with Crippen LogP contribution in [0.4, 0.5) is 5.69 Å². The summed E-state index contributed by atoms with van der Waals surface area (Å²) in [5.74, 6) is 0.372. The molecule has 1 aromatic rings. The maximum absolute atomic E-state index is 12.4. The van der Waals surface area contributed by atoms with Gasteiger partial charge >= 0.3 is 0 Å². The molecule has 3 heteroatoms. The van der Waals surface area contributed by atoms with Gasteiger partial charge in [-0.05, 0) is 50.3 Å². The van der Waals surface area contributed by atoms with Gasteiger partial charge in [0.15, 0.2) is 0 Å². The number of anilines is 1. The van der Waals surface area contributed by atoms with Gasteiger partial charge in [0.1, 0.15) is 5.75 Å². The van der Waals surface area contributed by atoms with Crippen molar-refractivity contribution in [2.45, 2.75) is 39.5 Å². The Hall–Kier alpha value is -2.29. The highest BCUT2D eigenvalue weighted by Gasteiger charge is 2.28. The summed E-state index contributed by atoms with van der Waals surface area (Å²) in [7, 11) is 0. The summed E-state index contributed by atoms with van der Waals surface area (Å²) in [5.41, 5.74) is 4.82. The van der Waals surface area contributed by atoms with Gasteiger partial charge in [-0.25, -0.2) is 0 Å². The molecule has 0 bridgehead atoms. The van der Waals surface area contributed by atoms with Crippen LogP contribution in [0.15, 0.2) is 43.0 Å². The first-order valence-electron chi connectivity index (χ1n) is 8.01. The van der Waals surface area contributed by atoms with Crippen LogP contribution in [0, 0.1) is 0 Å². The molecule has 1 heterocycles. The Morgan fingerprint density at radius 1 is 1.26 bits per heavy atom. The first-order chi connectivity index (χ1) is 11.0. The van der Waals surface area contributed by atoms with E-state index in [0.717, 1.165) is 22.4 Å². The molecule has 0 saturated carbocycles. The summed E-state index contributed by atoms with van der Waals surface area (Å²) in [6.07, 6.45) is 7.98. The van der Waals surface area contributed by atoms with Crippen LogP contribution in [0.25, 0.3) is 0 Å². The van der Waals surface area contributed by atoms with Crippen molar-refractivity contribution in [3.05, 3.63) is 59.7 Å². The summed E-state index contributed by atoms with van der Waals surface area (Å²) < 4.78 is 0. The second kappa shape index (κ2) is 7.32. The number of nitrogens with zero attached hydrogens (tertiary/aromatic N) is 1. The zero-order valence-corrected chi connectivity index (χ0v) is 14.1. The van der Waals surface area contributed by atoms with Crippen LogP contribution in [0.3, 0.4) is 0 Å². The number of rotatable bonds is 6. The predicted octanol–water partition coefficient (Wildman–Crippen LogP) is 4.09. The van der Waals surface area contributed by atoms with Crippen LogP contribution in [-0.2, 0) is 24.1 Å². The normalized spacial score (nSPS) is 13.5. The fraction of sp³-hybridized carbons (Fsp3) is 0.350. The lowest BCUT2D eigenvalue weighted by Crippen LogP contribution is -2.36. The number of amides is 1. The first kappa shape index (κ1) is 17.1. The van der Waals surface area contributed by atoms with Crippen molar-refractivity contribution >= 4 is 11.6 Å². The molecule has 1 aromatic carbocycles. The molecule has 2 rings (SSSR count). The van der Waals surface area contributed by atoms with Gasteiger partial charge in [-0.3, -0.25) is 4.79 Å². The number of carbonyl (C=O) groups is 1. The highest BCUT2D eigenvalue weighted by molar-refractivity contribution is 5.98. The van der Waals surface area contributed by atoms with Gasteiger partial charge in [0, 0.05) is 18.5 Å². The van der Waals surface area contributed by atoms with Crippen molar-refractivity contribution in [1.29, 1.82) is 0 Å². The van der Waals surface area contributed by atoms with E-state index in [4.69, 9.17) is 0 Å². The number of aromatic hydroxyl groups is 1. The van der Waals surface area contributed by atoms with Crippen LogP contribution in [-0.4, -0.2) is 17.6 Å². The van der Waals surface area contributed by atoms with E-state index in [2.05, 4.69) is 13.2 Å². The standard InChI is InChI=1S/C20H25NO2/c1-5-7-16-13-15-9-10-18(22)21(12-11-14(3)4)19(15)17(8-6-2)20(16)23/h5-6,11,13,23H,1-2,7-10,12H2,3-4H3. The Balaban J connectivity index is 2.61. The lowest BCUT2D eigenvalue weighted by Gasteiger charge is -2.32. The Bertz CT molecular complexity index is 667. The van der Waals surface area contributed by atoms with Gasteiger partial charge in [-0.2, -0.15) is 0 Å². The maximum atomic E-state index is 12.4. The molecule has 1 amide bonds. The summed E-state index contributed by atoms with van der Waals surface area (Å²) in [4.78, 5) is 14.2.